The van der Waals surface area contributed by atoms with E-state index in [0.29, 0.717) is 23.2 Å². The monoisotopic (exact) mass is 230 g/mol. The molecule has 0 atom stereocenters. The molecule has 2 aromatic rings. The van der Waals surface area contributed by atoms with Gasteiger partial charge in [0, 0.05) is 6.07 Å². The van der Waals surface area contributed by atoms with Gasteiger partial charge in [-0.3, -0.25) is 0 Å². The maximum Gasteiger partial charge on any atom is 0.221 e. The van der Waals surface area contributed by atoms with E-state index in [-0.39, 0.29) is 0 Å². The standard InChI is InChI=1S/C13H14N2O2/c1-9-6-7-10(11(8-9)16-2)17-13-5-3-4-12(14)15-13/h3-8H,1-2H3,(H2,14,15). The van der Waals surface area contributed by atoms with E-state index in [4.69, 9.17) is 15.2 Å². The molecule has 4 nitrogen and oxygen atoms in total. The molecule has 0 aliphatic heterocycles. The molecule has 0 aliphatic carbocycles. The van der Waals surface area contributed by atoms with Crippen LogP contribution < -0.4 is 15.2 Å². The second kappa shape index (κ2) is 4.74. The number of ether oxygens (including phenoxy) is 2. The summed E-state index contributed by atoms with van der Waals surface area (Å²) in [6.45, 7) is 1.99. The minimum Gasteiger partial charge on any atom is -0.493 e. The van der Waals surface area contributed by atoms with Crippen LogP contribution in [0.4, 0.5) is 5.82 Å². The number of benzene rings is 1. The average molecular weight is 230 g/mol. The summed E-state index contributed by atoms with van der Waals surface area (Å²) >= 11 is 0. The zero-order valence-electron chi connectivity index (χ0n) is 9.81. The van der Waals surface area contributed by atoms with Gasteiger partial charge in [0.15, 0.2) is 11.5 Å². The summed E-state index contributed by atoms with van der Waals surface area (Å²) in [4.78, 5) is 4.07. The Hall–Kier alpha value is -2.23. The lowest BCUT2D eigenvalue weighted by molar-refractivity contribution is 0.374. The number of nitrogens with two attached hydrogens (primary N) is 1. The van der Waals surface area contributed by atoms with Crippen LogP contribution in [-0.2, 0) is 0 Å². The average Bonchev–Trinajstić information content (AvgIpc) is 2.31. The van der Waals surface area contributed by atoms with E-state index in [1.165, 1.54) is 0 Å². The molecule has 88 valence electrons. The van der Waals surface area contributed by atoms with Crippen molar-refractivity contribution in [2.75, 3.05) is 12.8 Å². The minimum atomic E-state index is 0.425. The van der Waals surface area contributed by atoms with Crippen molar-refractivity contribution in [3.05, 3.63) is 42.0 Å². The fourth-order valence-electron chi connectivity index (χ4n) is 1.46. The molecule has 1 aromatic heterocycles. The van der Waals surface area contributed by atoms with Crippen LogP contribution >= 0.6 is 0 Å². The summed E-state index contributed by atoms with van der Waals surface area (Å²) in [7, 11) is 1.61. The first-order valence-electron chi connectivity index (χ1n) is 5.24. The van der Waals surface area contributed by atoms with E-state index in [0.717, 1.165) is 5.56 Å². The topological polar surface area (TPSA) is 57.4 Å². The first-order valence-corrected chi connectivity index (χ1v) is 5.24. The predicted octanol–water partition coefficient (Wildman–Crippen LogP) is 2.77. The SMILES string of the molecule is COc1cc(C)ccc1Oc1cccc(N)n1. The number of nitrogens with zero attached hydrogens (tertiary/aromatic N) is 1. The first kappa shape index (κ1) is 11.3. The Morgan fingerprint density at radius 1 is 1.12 bits per heavy atom. The summed E-state index contributed by atoms with van der Waals surface area (Å²) in [6.07, 6.45) is 0. The summed E-state index contributed by atoms with van der Waals surface area (Å²) in [5.74, 6) is 2.17. The molecule has 0 fully saturated rings. The van der Waals surface area contributed by atoms with E-state index in [1.807, 2.05) is 25.1 Å². The molecule has 4 heteroatoms. The zero-order valence-corrected chi connectivity index (χ0v) is 9.81. The van der Waals surface area contributed by atoms with Crippen LogP contribution in [0, 0.1) is 6.92 Å². The van der Waals surface area contributed by atoms with E-state index < -0.39 is 0 Å². The Bertz CT molecular complexity index is 527. The lowest BCUT2D eigenvalue weighted by Gasteiger charge is -2.10. The third-order valence-electron chi connectivity index (χ3n) is 2.28. The highest BCUT2D eigenvalue weighted by molar-refractivity contribution is 5.44. The normalized spacial score (nSPS) is 10.0. The lowest BCUT2D eigenvalue weighted by atomic mass is 10.2. The Morgan fingerprint density at radius 3 is 2.65 bits per heavy atom. The van der Waals surface area contributed by atoms with Gasteiger partial charge in [-0.05, 0) is 30.7 Å². The van der Waals surface area contributed by atoms with Gasteiger partial charge in [-0.2, -0.15) is 4.98 Å². The van der Waals surface area contributed by atoms with Crippen LogP contribution in [-0.4, -0.2) is 12.1 Å². The number of aryl methyl sites for hydroxylation is 1. The van der Waals surface area contributed by atoms with Gasteiger partial charge in [0.2, 0.25) is 5.88 Å². The largest absolute Gasteiger partial charge is 0.493 e. The number of rotatable bonds is 3. The molecule has 0 bridgehead atoms. The van der Waals surface area contributed by atoms with Crippen molar-refractivity contribution in [2.45, 2.75) is 6.92 Å². The molecule has 0 saturated heterocycles. The van der Waals surface area contributed by atoms with Gasteiger partial charge < -0.3 is 15.2 Å². The van der Waals surface area contributed by atoms with Crippen molar-refractivity contribution in [3.8, 4) is 17.4 Å². The van der Waals surface area contributed by atoms with E-state index >= 15 is 0 Å². The van der Waals surface area contributed by atoms with E-state index in [2.05, 4.69) is 4.98 Å². The molecule has 1 heterocycles. The maximum atomic E-state index is 5.62. The highest BCUT2D eigenvalue weighted by atomic mass is 16.5. The summed E-state index contributed by atoms with van der Waals surface area (Å²) in [5, 5.41) is 0. The van der Waals surface area contributed by atoms with Crippen molar-refractivity contribution in [3.63, 3.8) is 0 Å². The number of nitrogen functional groups attached to an aromatic ring is 1. The van der Waals surface area contributed by atoms with Gasteiger partial charge >= 0.3 is 0 Å². The highest BCUT2D eigenvalue weighted by Crippen LogP contribution is 2.31. The second-order valence-electron chi connectivity index (χ2n) is 3.66. The molecule has 2 rings (SSSR count). The van der Waals surface area contributed by atoms with Gasteiger partial charge in [-0.15, -0.1) is 0 Å². The molecular formula is C13H14N2O2. The first-order chi connectivity index (χ1) is 8.19. The third-order valence-corrected chi connectivity index (χ3v) is 2.28. The Balaban J connectivity index is 2.29. The maximum absolute atomic E-state index is 5.62. The quantitative estimate of drug-likeness (QED) is 0.880. The Morgan fingerprint density at radius 2 is 1.94 bits per heavy atom. The number of pyridine rings is 1. The van der Waals surface area contributed by atoms with Crippen molar-refractivity contribution in [2.24, 2.45) is 0 Å². The number of anilines is 1. The van der Waals surface area contributed by atoms with Gasteiger partial charge in [-0.1, -0.05) is 12.1 Å². The van der Waals surface area contributed by atoms with Gasteiger partial charge in [0.1, 0.15) is 5.82 Å². The third kappa shape index (κ3) is 2.66. The fourth-order valence-corrected chi connectivity index (χ4v) is 1.46. The number of methoxy groups -OCH3 is 1. The van der Waals surface area contributed by atoms with Crippen molar-refractivity contribution in [1.29, 1.82) is 0 Å². The fraction of sp³-hybridized carbons (Fsp3) is 0.154. The second-order valence-corrected chi connectivity index (χ2v) is 3.66. The van der Waals surface area contributed by atoms with Crippen LogP contribution in [0.25, 0.3) is 0 Å². The highest BCUT2D eigenvalue weighted by Gasteiger charge is 2.06. The van der Waals surface area contributed by atoms with Crippen LogP contribution in [0.2, 0.25) is 0 Å². The molecule has 2 N–H and O–H groups in total. The van der Waals surface area contributed by atoms with Gasteiger partial charge in [0.25, 0.3) is 0 Å². The molecule has 17 heavy (non-hydrogen) atoms. The number of aromatic nitrogens is 1. The molecular weight excluding hydrogens is 216 g/mol. The molecule has 0 spiro atoms. The van der Waals surface area contributed by atoms with Gasteiger partial charge in [0.05, 0.1) is 7.11 Å². The molecule has 0 radical (unpaired) electrons. The van der Waals surface area contributed by atoms with Crippen LogP contribution in [0.15, 0.2) is 36.4 Å². The molecule has 1 aromatic carbocycles. The Labute approximate surface area is 100 Å². The molecule has 0 saturated carbocycles. The molecule has 0 amide bonds. The molecule has 0 unspecified atom stereocenters. The minimum absolute atomic E-state index is 0.425. The van der Waals surface area contributed by atoms with Crippen LogP contribution in [0.1, 0.15) is 5.56 Å². The van der Waals surface area contributed by atoms with E-state index in [9.17, 15) is 0 Å². The summed E-state index contributed by atoms with van der Waals surface area (Å²) < 4.78 is 10.9. The van der Waals surface area contributed by atoms with Crippen molar-refractivity contribution < 1.29 is 9.47 Å². The van der Waals surface area contributed by atoms with Crippen molar-refractivity contribution in [1.82, 2.24) is 4.98 Å². The smallest absolute Gasteiger partial charge is 0.221 e. The number of hydrogen-bond donors (Lipinski definition) is 1. The zero-order chi connectivity index (χ0) is 12.3. The summed E-state index contributed by atoms with van der Waals surface area (Å²) in [6, 6.07) is 10.9. The summed E-state index contributed by atoms with van der Waals surface area (Å²) in [5.41, 5.74) is 6.69. The number of hydrogen-bond acceptors (Lipinski definition) is 4. The molecule has 0 aliphatic rings. The van der Waals surface area contributed by atoms with Crippen LogP contribution in [0.3, 0.4) is 0 Å². The van der Waals surface area contributed by atoms with Crippen LogP contribution in [0.5, 0.6) is 17.4 Å². The Kier molecular flexibility index (Phi) is 3.14. The van der Waals surface area contributed by atoms with Gasteiger partial charge in [-0.25, -0.2) is 0 Å². The van der Waals surface area contributed by atoms with E-state index in [1.54, 1.807) is 25.3 Å². The lowest BCUT2D eigenvalue weighted by Crippen LogP contribution is -1.95. The predicted molar refractivity (Wildman–Crippen MR) is 66.5 cm³/mol. The van der Waals surface area contributed by atoms with Crippen molar-refractivity contribution >= 4 is 5.82 Å².